The molecule has 0 amide bonds. The predicted octanol–water partition coefficient (Wildman–Crippen LogP) is 2.95. The number of methoxy groups -OCH3 is 1. The van der Waals surface area contributed by atoms with Gasteiger partial charge in [-0.1, -0.05) is 12.5 Å². The summed E-state index contributed by atoms with van der Waals surface area (Å²) >= 11 is 0. The fraction of sp³-hybridized carbons (Fsp3) is 0.625. The minimum atomic E-state index is 0.696. The summed E-state index contributed by atoms with van der Waals surface area (Å²) in [6.07, 6.45) is 5.22. The summed E-state index contributed by atoms with van der Waals surface area (Å²) in [6.45, 7) is 5.70. The molecule has 0 aromatic heterocycles. The summed E-state index contributed by atoms with van der Waals surface area (Å²) in [6, 6.07) is 6.59. The Kier molecular flexibility index (Phi) is 5.53. The van der Waals surface area contributed by atoms with Crippen LogP contribution in [0.4, 0.5) is 11.4 Å². The Balaban J connectivity index is 1.76. The summed E-state index contributed by atoms with van der Waals surface area (Å²) in [5, 5.41) is 3.41. The van der Waals surface area contributed by atoms with Crippen molar-refractivity contribution in [2.24, 2.45) is 0 Å². The lowest BCUT2D eigenvalue weighted by Crippen LogP contribution is -2.38. The van der Waals surface area contributed by atoms with E-state index in [4.69, 9.17) is 10.5 Å². The topological polar surface area (TPSA) is 50.5 Å². The number of nitrogens with two attached hydrogens (primary N) is 1. The Hall–Kier alpha value is -1.42. The largest absolute Gasteiger partial charge is 0.495 e. The molecule has 1 heterocycles. The molecule has 1 aliphatic rings. The average molecular weight is 277 g/mol. The molecule has 20 heavy (non-hydrogen) atoms. The minimum absolute atomic E-state index is 0.696. The minimum Gasteiger partial charge on any atom is -0.495 e. The number of rotatable bonds is 6. The van der Waals surface area contributed by atoms with E-state index in [1.54, 1.807) is 7.11 Å². The molecule has 1 fully saturated rings. The van der Waals surface area contributed by atoms with Crippen molar-refractivity contribution in [2.75, 3.05) is 37.8 Å². The van der Waals surface area contributed by atoms with E-state index in [0.717, 1.165) is 37.0 Å². The number of piperidine rings is 1. The zero-order chi connectivity index (χ0) is 14.4. The van der Waals surface area contributed by atoms with Crippen LogP contribution in [0.25, 0.3) is 0 Å². The third kappa shape index (κ3) is 3.79. The van der Waals surface area contributed by atoms with Gasteiger partial charge in [-0.15, -0.1) is 0 Å². The molecule has 1 atom stereocenters. The van der Waals surface area contributed by atoms with Crippen molar-refractivity contribution >= 4 is 11.4 Å². The average Bonchev–Trinajstić information content (AvgIpc) is 2.47. The standard InChI is InChI=1S/C16H27N3O/c1-13-7-3-4-11-19(13)12-6-10-18-14-8-5-9-15(20-2)16(14)17/h5,8-9,13,18H,3-4,6-7,10-12,17H2,1-2H3. The van der Waals surface area contributed by atoms with Crippen molar-refractivity contribution in [1.82, 2.24) is 4.90 Å². The van der Waals surface area contributed by atoms with Crippen molar-refractivity contribution in [3.8, 4) is 5.75 Å². The Bertz CT molecular complexity index is 422. The van der Waals surface area contributed by atoms with Gasteiger partial charge in [0, 0.05) is 19.1 Å². The van der Waals surface area contributed by atoms with Gasteiger partial charge >= 0.3 is 0 Å². The third-order valence-corrected chi connectivity index (χ3v) is 4.16. The normalized spacial score (nSPS) is 19.8. The van der Waals surface area contributed by atoms with Crippen LogP contribution in [0.2, 0.25) is 0 Å². The molecule has 0 radical (unpaired) electrons. The molecule has 1 aromatic carbocycles. The van der Waals surface area contributed by atoms with E-state index in [1.807, 2.05) is 18.2 Å². The highest BCUT2D eigenvalue weighted by molar-refractivity contribution is 5.72. The Morgan fingerprint density at radius 1 is 1.40 bits per heavy atom. The first kappa shape index (κ1) is 15.0. The van der Waals surface area contributed by atoms with Crippen molar-refractivity contribution < 1.29 is 4.74 Å². The molecule has 0 saturated carbocycles. The number of hydrogen-bond donors (Lipinski definition) is 2. The highest BCUT2D eigenvalue weighted by atomic mass is 16.5. The number of para-hydroxylation sites is 1. The first-order chi connectivity index (χ1) is 9.72. The summed E-state index contributed by atoms with van der Waals surface area (Å²) in [5.74, 6) is 0.736. The smallest absolute Gasteiger partial charge is 0.143 e. The van der Waals surface area contributed by atoms with E-state index < -0.39 is 0 Å². The summed E-state index contributed by atoms with van der Waals surface area (Å²) in [5.41, 5.74) is 7.71. The van der Waals surface area contributed by atoms with Crippen molar-refractivity contribution in [2.45, 2.75) is 38.6 Å². The molecule has 112 valence electrons. The predicted molar refractivity (Wildman–Crippen MR) is 85.4 cm³/mol. The molecule has 1 aromatic rings. The molecule has 1 aliphatic heterocycles. The van der Waals surface area contributed by atoms with Gasteiger partial charge in [-0.25, -0.2) is 0 Å². The molecular weight excluding hydrogens is 250 g/mol. The van der Waals surface area contributed by atoms with Crippen LogP contribution in [0, 0.1) is 0 Å². The molecule has 1 unspecified atom stereocenters. The van der Waals surface area contributed by atoms with Gasteiger partial charge in [0.15, 0.2) is 0 Å². The number of nitrogen functional groups attached to an aromatic ring is 1. The SMILES string of the molecule is COc1cccc(NCCCN2CCCCC2C)c1N. The van der Waals surface area contributed by atoms with Crippen molar-refractivity contribution in [3.05, 3.63) is 18.2 Å². The first-order valence-corrected chi connectivity index (χ1v) is 7.62. The van der Waals surface area contributed by atoms with Gasteiger partial charge in [-0.3, -0.25) is 0 Å². The molecule has 3 N–H and O–H groups in total. The molecule has 0 bridgehead atoms. The number of nitrogens with one attached hydrogen (secondary N) is 1. The van der Waals surface area contributed by atoms with Gasteiger partial charge < -0.3 is 20.7 Å². The van der Waals surface area contributed by atoms with Gasteiger partial charge in [0.2, 0.25) is 0 Å². The van der Waals surface area contributed by atoms with Gasteiger partial charge in [0.25, 0.3) is 0 Å². The van der Waals surface area contributed by atoms with Crippen LogP contribution >= 0.6 is 0 Å². The van der Waals surface area contributed by atoms with Gasteiger partial charge in [0.05, 0.1) is 18.5 Å². The number of anilines is 2. The maximum Gasteiger partial charge on any atom is 0.143 e. The maximum absolute atomic E-state index is 6.04. The van der Waals surface area contributed by atoms with Crippen molar-refractivity contribution in [1.29, 1.82) is 0 Å². The van der Waals surface area contributed by atoms with E-state index in [2.05, 4.69) is 17.1 Å². The first-order valence-electron chi connectivity index (χ1n) is 7.62. The Labute approximate surface area is 122 Å². The van der Waals surface area contributed by atoms with Gasteiger partial charge in [-0.2, -0.15) is 0 Å². The number of benzene rings is 1. The quantitative estimate of drug-likeness (QED) is 0.620. The van der Waals surface area contributed by atoms with Crippen LogP contribution in [-0.2, 0) is 0 Å². The number of nitrogens with zero attached hydrogens (tertiary/aromatic N) is 1. The van der Waals surface area contributed by atoms with E-state index in [9.17, 15) is 0 Å². The Morgan fingerprint density at radius 3 is 3.00 bits per heavy atom. The van der Waals surface area contributed by atoms with E-state index in [-0.39, 0.29) is 0 Å². The van der Waals surface area contributed by atoms with Crippen LogP contribution in [0.5, 0.6) is 5.75 Å². The molecule has 0 spiro atoms. The second kappa shape index (κ2) is 7.39. The lowest BCUT2D eigenvalue weighted by Gasteiger charge is -2.33. The van der Waals surface area contributed by atoms with Gasteiger partial charge in [-0.05, 0) is 44.9 Å². The molecular formula is C16H27N3O. The summed E-state index contributed by atoms with van der Waals surface area (Å²) < 4.78 is 5.23. The molecule has 1 saturated heterocycles. The highest BCUT2D eigenvalue weighted by Gasteiger charge is 2.17. The third-order valence-electron chi connectivity index (χ3n) is 4.16. The van der Waals surface area contributed by atoms with Crippen LogP contribution in [-0.4, -0.2) is 37.7 Å². The monoisotopic (exact) mass is 277 g/mol. The molecule has 4 nitrogen and oxygen atoms in total. The fourth-order valence-electron chi connectivity index (χ4n) is 2.87. The molecule has 4 heteroatoms. The lowest BCUT2D eigenvalue weighted by molar-refractivity contribution is 0.160. The van der Waals surface area contributed by atoms with E-state index >= 15 is 0 Å². The van der Waals surface area contributed by atoms with Crippen molar-refractivity contribution in [3.63, 3.8) is 0 Å². The Morgan fingerprint density at radius 2 is 2.25 bits per heavy atom. The number of ether oxygens (including phenoxy) is 1. The highest BCUT2D eigenvalue weighted by Crippen LogP contribution is 2.28. The maximum atomic E-state index is 6.04. The van der Waals surface area contributed by atoms with Crippen LogP contribution in [0.1, 0.15) is 32.6 Å². The van der Waals surface area contributed by atoms with E-state index in [1.165, 1.54) is 25.8 Å². The van der Waals surface area contributed by atoms with E-state index in [0.29, 0.717) is 5.69 Å². The number of likely N-dealkylation sites (tertiary alicyclic amines) is 1. The molecule has 0 aliphatic carbocycles. The summed E-state index contributed by atoms with van der Waals surface area (Å²) in [4.78, 5) is 2.60. The molecule has 2 rings (SSSR count). The summed E-state index contributed by atoms with van der Waals surface area (Å²) in [7, 11) is 1.65. The second-order valence-corrected chi connectivity index (χ2v) is 5.58. The zero-order valence-corrected chi connectivity index (χ0v) is 12.7. The zero-order valence-electron chi connectivity index (χ0n) is 12.7. The van der Waals surface area contributed by atoms with Gasteiger partial charge in [0.1, 0.15) is 5.75 Å². The fourth-order valence-corrected chi connectivity index (χ4v) is 2.87. The lowest BCUT2D eigenvalue weighted by atomic mass is 10.0. The second-order valence-electron chi connectivity index (χ2n) is 5.58. The van der Waals surface area contributed by atoms with Crippen LogP contribution in [0.15, 0.2) is 18.2 Å². The number of hydrogen-bond acceptors (Lipinski definition) is 4. The van der Waals surface area contributed by atoms with Crippen LogP contribution in [0.3, 0.4) is 0 Å². The van der Waals surface area contributed by atoms with Crippen LogP contribution < -0.4 is 15.8 Å².